The normalized spacial score (nSPS) is 22.2. The lowest BCUT2D eigenvalue weighted by Gasteiger charge is -2.43. The summed E-state index contributed by atoms with van der Waals surface area (Å²) in [6.07, 6.45) is 9.69. The molecule has 0 radical (unpaired) electrons. The van der Waals surface area contributed by atoms with Crippen LogP contribution in [0.3, 0.4) is 0 Å². The molecule has 2 aromatic heterocycles. The van der Waals surface area contributed by atoms with Gasteiger partial charge in [-0.3, -0.25) is 4.90 Å². The van der Waals surface area contributed by atoms with Gasteiger partial charge in [0.15, 0.2) is 5.82 Å². The molecule has 1 saturated carbocycles. The van der Waals surface area contributed by atoms with Crippen molar-refractivity contribution in [1.82, 2.24) is 24.8 Å². The third-order valence-electron chi connectivity index (χ3n) is 10.1. The minimum Gasteiger partial charge on any atom is -0.382 e. The molecule has 6 rings (SSSR count). The Morgan fingerprint density at radius 1 is 0.952 bits per heavy atom. The number of aromatic nitrogens is 3. The number of fused-ring (bicyclic) bond motifs is 1. The zero-order valence-corrected chi connectivity index (χ0v) is 26.4. The topological polar surface area (TPSA) is 86.4 Å². The van der Waals surface area contributed by atoms with Crippen molar-refractivity contribution >= 4 is 28.4 Å². The summed E-state index contributed by atoms with van der Waals surface area (Å²) < 4.78 is 0. The van der Waals surface area contributed by atoms with Crippen LogP contribution < -0.4 is 16.0 Å². The summed E-state index contributed by atoms with van der Waals surface area (Å²) >= 11 is 0. The molecule has 1 atom stereocenters. The SMILES string of the molecule is CCc1cc(-c2cnc(N)c3nc(CC)c(NC4CCC(C)(C)C4)nc23)ccc1N1CCC(N2CCN(C)CC2)CC1. The van der Waals surface area contributed by atoms with Crippen molar-refractivity contribution in [3.63, 3.8) is 0 Å². The van der Waals surface area contributed by atoms with Crippen LogP contribution in [0.2, 0.25) is 0 Å². The molecule has 1 aliphatic carbocycles. The van der Waals surface area contributed by atoms with Gasteiger partial charge in [0.05, 0.1) is 5.69 Å². The summed E-state index contributed by atoms with van der Waals surface area (Å²) in [6, 6.07) is 8.05. The Morgan fingerprint density at radius 3 is 2.38 bits per heavy atom. The number of piperidine rings is 1. The highest BCUT2D eigenvalue weighted by molar-refractivity contribution is 5.97. The van der Waals surface area contributed by atoms with E-state index >= 15 is 0 Å². The molecule has 42 heavy (non-hydrogen) atoms. The fraction of sp³-hybridized carbons (Fsp3) is 0.618. The van der Waals surface area contributed by atoms with Crippen molar-refractivity contribution in [3.8, 4) is 11.1 Å². The Hall–Kier alpha value is -2.97. The number of piperazine rings is 1. The fourth-order valence-corrected chi connectivity index (χ4v) is 7.42. The Labute approximate surface area is 252 Å². The summed E-state index contributed by atoms with van der Waals surface area (Å²) in [5.74, 6) is 1.34. The van der Waals surface area contributed by atoms with Crippen LogP contribution in [0.1, 0.15) is 71.1 Å². The minimum atomic E-state index is 0.367. The first kappa shape index (κ1) is 29.1. The first-order valence-electron chi connectivity index (χ1n) is 16.3. The standard InChI is InChI=1S/C34H50N8/c1-6-23-20-24(8-9-29(23)42-14-11-26(12-15-42)41-18-16-40(5)17-19-41)27-22-36-32(35)31-30(27)39-33(28(7-2)38-31)37-25-10-13-34(3,4)21-25/h8-9,20,22,25-26H,6-7,10-19,21H2,1-5H3,(H2,35,36)(H,37,39). The maximum Gasteiger partial charge on any atom is 0.151 e. The number of likely N-dealkylation sites (N-methyl/N-ethyl adjacent to an activating group) is 1. The van der Waals surface area contributed by atoms with Gasteiger partial charge in [-0.1, -0.05) is 33.8 Å². The largest absolute Gasteiger partial charge is 0.382 e. The van der Waals surface area contributed by atoms with Crippen LogP contribution in [-0.2, 0) is 12.8 Å². The summed E-state index contributed by atoms with van der Waals surface area (Å²) in [6.45, 7) is 16.1. The molecule has 8 heteroatoms. The summed E-state index contributed by atoms with van der Waals surface area (Å²) in [5, 5.41) is 3.76. The van der Waals surface area contributed by atoms with Gasteiger partial charge >= 0.3 is 0 Å². The van der Waals surface area contributed by atoms with Gasteiger partial charge in [0, 0.05) is 68.8 Å². The molecule has 4 heterocycles. The van der Waals surface area contributed by atoms with Crippen molar-refractivity contribution in [2.45, 2.75) is 84.7 Å². The molecule has 3 fully saturated rings. The van der Waals surface area contributed by atoms with E-state index in [0.717, 1.165) is 73.0 Å². The number of rotatable bonds is 7. The lowest BCUT2D eigenvalue weighted by Crippen LogP contribution is -2.52. The van der Waals surface area contributed by atoms with Crippen LogP contribution in [0.4, 0.5) is 17.3 Å². The van der Waals surface area contributed by atoms with E-state index in [1.165, 1.54) is 56.7 Å². The maximum atomic E-state index is 6.38. The summed E-state index contributed by atoms with van der Waals surface area (Å²) in [4.78, 5) is 22.6. The highest BCUT2D eigenvalue weighted by Crippen LogP contribution is 2.39. The number of nitrogens with one attached hydrogen (secondary N) is 1. The van der Waals surface area contributed by atoms with Crippen molar-refractivity contribution in [3.05, 3.63) is 35.7 Å². The Kier molecular flexibility index (Phi) is 8.29. The molecule has 0 amide bonds. The second-order valence-electron chi connectivity index (χ2n) is 13.6. The number of benzene rings is 1. The number of nitrogens with zero attached hydrogens (tertiary/aromatic N) is 6. The van der Waals surface area contributed by atoms with Crippen LogP contribution >= 0.6 is 0 Å². The maximum absolute atomic E-state index is 6.38. The molecular formula is C34H50N8. The molecule has 3 aliphatic rings. The predicted molar refractivity (Wildman–Crippen MR) is 175 cm³/mol. The Balaban J connectivity index is 1.26. The van der Waals surface area contributed by atoms with E-state index in [1.807, 2.05) is 6.20 Å². The van der Waals surface area contributed by atoms with Crippen molar-refractivity contribution in [2.75, 3.05) is 62.3 Å². The van der Waals surface area contributed by atoms with Crippen molar-refractivity contribution in [2.24, 2.45) is 5.41 Å². The zero-order valence-electron chi connectivity index (χ0n) is 26.4. The van der Waals surface area contributed by atoms with Gasteiger partial charge in [-0.25, -0.2) is 15.0 Å². The third kappa shape index (κ3) is 5.93. The Bertz CT molecular complexity index is 1400. The number of anilines is 3. The van der Waals surface area contributed by atoms with Gasteiger partial charge in [0.2, 0.25) is 0 Å². The number of aryl methyl sites for hydroxylation is 2. The minimum absolute atomic E-state index is 0.367. The van der Waals surface area contributed by atoms with Gasteiger partial charge < -0.3 is 20.9 Å². The van der Waals surface area contributed by atoms with Crippen LogP contribution in [0.15, 0.2) is 24.4 Å². The second-order valence-corrected chi connectivity index (χ2v) is 13.6. The summed E-state index contributed by atoms with van der Waals surface area (Å²) in [5.41, 5.74) is 14.1. The molecule has 3 N–H and O–H groups in total. The molecule has 8 nitrogen and oxygen atoms in total. The number of nitrogens with two attached hydrogens (primary N) is 1. The lowest BCUT2D eigenvalue weighted by atomic mass is 9.92. The van der Waals surface area contributed by atoms with E-state index in [1.54, 1.807) is 0 Å². The number of pyridine rings is 1. The van der Waals surface area contributed by atoms with Crippen LogP contribution in [0.5, 0.6) is 0 Å². The molecule has 1 unspecified atom stereocenters. The van der Waals surface area contributed by atoms with Gasteiger partial charge in [-0.05, 0) is 80.7 Å². The van der Waals surface area contributed by atoms with Gasteiger partial charge in [-0.2, -0.15) is 0 Å². The van der Waals surface area contributed by atoms with Crippen LogP contribution in [0, 0.1) is 5.41 Å². The lowest BCUT2D eigenvalue weighted by molar-refractivity contribution is 0.0982. The van der Waals surface area contributed by atoms with E-state index in [9.17, 15) is 0 Å². The van der Waals surface area contributed by atoms with E-state index < -0.39 is 0 Å². The monoisotopic (exact) mass is 570 g/mol. The van der Waals surface area contributed by atoms with Gasteiger partial charge in [-0.15, -0.1) is 0 Å². The molecule has 2 aliphatic heterocycles. The van der Waals surface area contributed by atoms with E-state index in [4.69, 9.17) is 15.7 Å². The highest BCUT2D eigenvalue weighted by atomic mass is 15.3. The molecule has 1 aromatic carbocycles. The van der Waals surface area contributed by atoms with Gasteiger partial charge in [0.1, 0.15) is 16.9 Å². The zero-order chi connectivity index (χ0) is 29.4. The number of hydrogen-bond donors (Lipinski definition) is 2. The Morgan fingerprint density at radius 2 is 1.71 bits per heavy atom. The van der Waals surface area contributed by atoms with Crippen LogP contribution in [-0.4, -0.2) is 83.2 Å². The third-order valence-corrected chi connectivity index (χ3v) is 10.1. The molecule has 0 spiro atoms. The quantitative estimate of drug-likeness (QED) is 0.379. The fourth-order valence-electron chi connectivity index (χ4n) is 7.42. The van der Waals surface area contributed by atoms with Crippen molar-refractivity contribution < 1.29 is 0 Å². The smallest absolute Gasteiger partial charge is 0.151 e. The number of nitrogen functional groups attached to an aromatic ring is 1. The second kappa shape index (κ2) is 12.0. The molecule has 2 saturated heterocycles. The average Bonchev–Trinajstić information content (AvgIpc) is 3.35. The number of hydrogen-bond acceptors (Lipinski definition) is 8. The van der Waals surface area contributed by atoms with E-state index in [-0.39, 0.29) is 0 Å². The van der Waals surface area contributed by atoms with E-state index in [0.29, 0.717) is 22.8 Å². The predicted octanol–water partition coefficient (Wildman–Crippen LogP) is 5.61. The highest BCUT2D eigenvalue weighted by Gasteiger charge is 2.32. The first-order chi connectivity index (χ1) is 20.2. The summed E-state index contributed by atoms with van der Waals surface area (Å²) in [7, 11) is 2.24. The molecular weight excluding hydrogens is 520 g/mol. The molecule has 3 aromatic rings. The molecule has 226 valence electrons. The van der Waals surface area contributed by atoms with Crippen LogP contribution in [0.25, 0.3) is 22.2 Å². The average molecular weight is 571 g/mol. The first-order valence-corrected chi connectivity index (χ1v) is 16.3. The van der Waals surface area contributed by atoms with Gasteiger partial charge in [0.25, 0.3) is 0 Å². The van der Waals surface area contributed by atoms with Crippen molar-refractivity contribution in [1.29, 1.82) is 0 Å². The van der Waals surface area contributed by atoms with E-state index in [2.05, 4.69) is 77.9 Å². The molecule has 0 bridgehead atoms.